The second-order valence-electron chi connectivity index (χ2n) is 8.20. The Bertz CT molecular complexity index is 1440. The van der Waals surface area contributed by atoms with Crippen molar-refractivity contribution in [3.05, 3.63) is 114 Å². The van der Waals surface area contributed by atoms with E-state index in [0.29, 0.717) is 0 Å². The molecule has 0 aliphatic carbocycles. The Hall–Kier alpha value is -3.78. The molecule has 1 aromatic heterocycles. The SMILES string of the molecule is C=C(C)N(c1ccc2c(c1)c1ccccc1n2-c1ccccc1C)c1ccccc1C. The molecule has 0 fully saturated rings. The number of aromatic nitrogens is 1. The molecule has 0 unspecified atom stereocenters. The van der Waals surface area contributed by atoms with Gasteiger partial charge in [0, 0.05) is 33.5 Å². The lowest BCUT2D eigenvalue weighted by atomic mass is 10.1. The number of hydrogen-bond donors (Lipinski definition) is 0. The molecule has 2 nitrogen and oxygen atoms in total. The Morgan fingerprint density at radius 2 is 1.35 bits per heavy atom. The van der Waals surface area contributed by atoms with Crippen LogP contribution >= 0.6 is 0 Å². The molecule has 0 atom stereocenters. The van der Waals surface area contributed by atoms with Crippen LogP contribution in [0.5, 0.6) is 0 Å². The van der Waals surface area contributed by atoms with Gasteiger partial charge in [-0.3, -0.25) is 0 Å². The summed E-state index contributed by atoms with van der Waals surface area (Å²) in [6.07, 6.45) is 0. The molecule has 5 aromatic rings. The summed E-state index contributed by atoms with van der Waals surface area (Å²) in [6.45, 7) is 10.7. The van der Waals surface area contributed by atoms with E-state index in [9.17, 15) is 0 Å². The molecule has 0 amide bonds. The standard InChI is InChI=1S/C29H26N2/c1-20(2)30(26-14-8-5-11-21(26)3)23-17-18-29-25(19-23)24-13-7-10-16-28(24)31(29)27-15-9-6-12-22(27)4/h5-19H,1H2,2-4H3. The summed E-state index contributed by atoms with van der Waals surface area (Å²) in [5, 5.41) is 2.50. The Morgan fingerprint density at radius 1 is 0.710 bits per heavy atom. The van der Waals surface area contributed by atoms with Crippen molar-refractivity contribution in [2.75, 3.05) is 4.90 Å². The number of aryl methyl sites for hydroxylation is 2. The van der Waals surface area contributed by atoms with Crippen LogP contribution in [-0.4, -0.2) is 4.57 Å². The predicted octanol–water partition coefficient (Wildman–Crippen LogP) is 8.07. The van der Waals surface area contributed by atoms with Gasteiger partial charge in [-0.1, -0.05) is 61.2 Å². The van der Waals surface area contributed by atoms with Crippen LogP contribution in [0.25, 0.3) is 27.5 Å². The zero-order chi connectivity index (χ0) is 21.5. The molecule has 0 spiro atoms. The van der Waals surface area contributed by atoms with Crippen molar-refractivity contribution in [1.29, 1.82) is 0 Å². The van der Waals surface area contributed by atoms with Crippen LogP contribution in [0.4, 0.5) is 11.4 Å². The van der Waals surface area contributed by atoms with Gasteiger partial charge in [0.25, 0.3) is 0 Å². The number of para-hydroxylation sites is 3. The van der Waals surface area contributed by atoms with Crippen LogP contribution in [0, 0.1) is 13.8 Å². The van der Waals surface area contributed by atoms with Gasteiger partial charge in [-0.2, -0.15) is 0 Å². The topological polar surface area (TPSA) is 8.17 Å². The van der Waals surface area contributed by atoms with Gasteiger partial charge < -0.3 is 9.47 Å². The third-order valence-electron chi connectivity index (χ3n) is 6.01. The van der Waals surface area contributed by atoms with E-state index >= 15 is 0 Å². The van der Waals surface area contributed by atoms with Crippen LogP contribution in [-0.2, 0) is 0 Å². The second-order valence-corrected chi connectivity index (χ2v) is 8.20. The molecule has 152 valence electrons. The summed E-state index contributed by atoms with van der Waals surface area (Å²) in [4.78, 5) is 2.24. The fraction of sp³-hybridized carbons (Fsp3) is 0.103. The van der Waals surface area contributed by atoms with Gasteiger partial charge >= 0.3 is 0 Å². The second kappa shape index (κ2) is 7.48. The van der Waals surface area contributed by atoms with E-state index in [1.807, 2.05) is 0 Å². The smallest absolute Gasteiger partial charge is 0.0542 e. The van der Waals surface area contributed by atoms with Crippen molar-refractivity contribution in [2.45, 2.75) is 20.8 Å². The lowest BCUT2D eigenvalue weighted by Crippen LogP contribution is -2.14. The van der Waals surface area contributed by atoms with Crippen LogP contribution < -0.4 is 4.90 Å². The number of fused-ring (bicyclic) bond motifs is 3. The van der Waals surface area contributed by atoms with Crippen LogP contribution in [0.3, 0.4) is 0 Å². The maximum atomic E-state index is 4.28. The molecule has 4 aromatic carbocycles. The van der Waals surface area contributed by atoms with E-state index in [4.69, 9.17) is 0 Å². The average molecular weight is 403 g/mol. The average Bonchev–Trinajstić information content (AvgIpc) is 3.09. The molecule has 0 bridgehead atoms. The number of hydrogen-bond acceptors (Lipinski definition) is 1. The van der Waals surface area contributed by atoms with Crippen molar-refractivity contribution < 1.29 is 0 Å². The fourth-order valence-electron chi connectivity index (χ4n) is 4.55. The van der Waals surface area contributed by atoms with Crippen molar-refractivity contribution in [3.63, 3.8) is 0 Å². The first-order valence-corrected chi connectivity index (χ1v) is 10.7. The van der Waals surface area contributed by atoms with Gasteiger partial charge in [0.1, 0.15) is 0 Å². The summed E-state index contributed by atoms with van der Waals surface area (Å²) in [7, 11) is 0. The highest BCUT2D eigenvalue weighted by atomic mass is 15.1. The van der Waals surface area contributed by atoms with Gasteiger partial charge in [0.2, 0.25) is 0 Å². The number of anilines is 2. The lowest BCUT2D eigenvalue weighted by Gasteiger charge is -2.27. The minimum atomic E-state index is 0.997. The number of benzene rings is 4. The first kappa shape index (κ1) is 19.2. The zero-order valence-electron chi connectivity index (χ0n) is 18.3. The molecule has 31 heavy (non-hydrogen) atoms. The lowest BCUT2D eigenvalue weighted by molar-refractivity contribution is 1.14. The van der Waals surface area contributed by atoms with Crippen LogP contribution in [0.2, 0.25) is 0 Å². The number of nitrogens with zero attached hydrogens (tertiary/aromatic N) is 2. The Labute approximate surface area is 183 Å². The molecule has 5 rings (SSSR count). The molecular weight excluding hydrogens is 376 g/mol. The largest absolute Gasteiger partial charge is 0.315 e. The van der Waals surface area contributed by atoms with E-state index < -0.39 is 0 Å². The van der Waals surface area contributed by atoms with Crippen molar-refractivity contribution in [2.24, 2.45) is 0 Å². The minimum absolute atomic E-state index is 0.997. The third kappa shape index (κ3) is 3.12. The number of rotatable bonds is 4. The van der Waals surface area contributed by atoms with E-state index in [-0.39, 0.29) is 0 Å². The summed E-state index contributed by atoms with van der Waals surface area (Å²) < 4.78 is 2.38. The van der Waals surface area contributed by atoms with Crippen LogP contribution in [0.15, 0.2) is 103 Å². The maximum absolute atomic E-state index is 4.28. The quantitative estimate of drug-likeness (QED) is 0.295. The Balaban J connectivity index is 1.80. The first-order valence-electron chi connectivity index (χ1n) is 10.7. The van der Waals surface area contributed by atoms with Gasteiger partial charge in [-0.25, -0.2) is 0 Å². The van der Waals surface area contributed by atoms with Crippen molar-refractivity contribution in [3.8, 4) is 5.69 Å². The van der Waals surface area contributed by atoms with E-state index in [2.05, 4.69) is 128 Å². The summed E-state index contributed by atoms with van der Waals surface area (Å²) >= 11 is 0. The highest BCUT2D eigenvalue weighted by molar-refractivity contribution is 6.10. The van der Waals surface area contributed by atoms with E-state index in [1.165, 1.54) is 38.6 Å². The van der Waals surface area contributed by atoms with Gasteiger partial charge in [-0.15, -0.1) is 0 Å². The summed E-state index contributed by atoms with van der Waals surface area (Å²) in [5.41, 5.74) is 9.44. The van der Waals surface area contributed by atoms with Crippen molar-refractivity contribution >= 4 is 33.2 Å². The maximum Gasteiger partial charge on any atom is 0.0542 e. The Morgan fingerprint density at radius 3 is 2.10 bits per heavy atom. The van der Waals surface area contributed by atoms with E-state index in [0.717, 1.165) is 17.1 Å². The highest BCUT2D eigenvalue weighted by Crippen LogP contribution is 2.38. The van der Waals surface area contributed by atoms with Gasteiger partial charge in [0.15, 0.2) is 0 Å². The molecule has 0 saturated heterocycles. The van der Waals surface area contributed by atoms with Gasteiger partial charge in [-0.05, 0) is 68.3 Å². The predicted molar refractivity (Wildman–Crippen MR) is 134 cm³/mol. The number of allylic oxidation sites excluding steroid dienone is 1. The molecule has 2 heteroatoms. The van der Waals surface area contributed by atoms with Crippen LogP contribution in [0.1, 0.15) is 18.1 Å². The molecule has 1 heterocycles. The molecule has 0 aliphatic heterocycles. The monoisotopic (exact) mass is 402 g/mol. The van der Waals surface area contributed by atoms with Crippen molar-refractivity contribution in [1.82, 2.24) is 4.57 Å². The molecular formula is C29H26N2. The first-order chi connectivity index (χ1) is 15.1. The highest BCUT2D eigenvalue weighted by Gasteiger charge is 2.17. The molecule has 0 N–H and O–H groups in total. The molecule has 0 saturated carbocycles. The van der Waals surface area contributed by atoms with Gasteiger partial charge in [0.05, 0.1) is 11.0 Å². The summed E-state index contributed by atoms with van der Waals surface area (Å²) in [5.74, 6) is 0. The normalized spacial score (nSPS) is 11.2. The Kier molecular flexibility index (Phi) is 4.63. The third-order valence-corrected chi connectivity index (χ3v) is 6.01. The van der Waals surface area contributed by atoms with E-state index in [1.54, 1.807) is 0 Å². The molecule has 0 aliphatic rings. The fourth-order valence-corrected chi connectivity index (χ4v) is 4.55. The summed E-state index contributed by atoms with van der Waals surface area (Å²) in [6, 6.07) is 32.4. The zero-order valence-corrected chi connectivity index (χ0v) is 18.3. The molecule has 0 radical (unpaired) electrons. The minimum Gasteiger partial charge on any atom is -0.315 e.